The predicted octanol–water partition coefficient (Wildman–Crippen LogP) is 0.642. The van der Waals surface area contributed by atoms with Crippen LogP contribution in [0.3, 0.4) is 0 Å². The summed E-state index contributed by atoms with van der Waals surface area (Å²) < 4.78 is 13.4. The zero-order valence-corrected chi connectivity index (χ0v) is 9.63. The normalized spacial score (nSPS) is 12.2. The van der Waals surface area contributed by atoms with E-state index in [-0.39, 0.29) is 0 Å². The van der Waals surface area contributed by atoms with Crippen molar-refractivity contribution in [3.05, 3.63) is 22.6 Å². The highest BCUT2D eigenvalue weighted by Gasteiger charge is 2.20. The molecule has 0 aliphatic carbocycles. The van der Waals surface area contributed by atoms with E-state index < -0.39 is 17.8 Å². The maximum atomic E-state index is 13.1. The van der Waals surface area contributed by atoms with Crippen LogP contribution in [-0.4, -0.2) is 33.9 Å². The third kappa shape index (κ3) is 2.80. The number of carbonyl (C=O) groups is 1. The van der Waals surface area contributed by atoms with Crippen molar-refractivity contribution in [2.24, 2.45) is 0 Å². The van der Waals surface area contributed by atoms with E-state index in [0.717, 1.165) is 0 Å². The Morgan fingerprint density at radius 1 is 1.59 bits per heavy atom. The number of carboxylic acids is 1. The van der Waals surface area contributed by atoms with E-state index in [1.165, 1.54) is 12.3 Å². The molecular weight excluding hydrogens is 229 g/mol. The van der Waals surface area contributed by atoms with E-state index in [4.69, 9.17) is 5.11 Å². The van der Waals surface area contributed by atoms with Gasteiger partial charge in [-0.15, -0.1) is 0 Å². The molecule has 94 valence electrons. The van der Waals surface area contributed by atoms with Gasteiger partial charge in [0, 0.05) is 19.2 Å². The lowest BCUT2D eigenvalue weighted by Gasteiger charge is -2.20. The van der Waals surface area contributed by atoms with Crippen LogP contribution in [0.2, 0.25) is 0 Å². The molecule has 1 atom stereocenters. The van der Waals surface area contributed by atoms with Gasteiger partial charge < -0.3 is 10.0 Å². The number of rotatable bonds is 5. The van der Waals surface area contributed by atoms with Crippen LogP contribution >= 0.6 is 0 Å². The Labute approximate surface area is 97.3 Å². The maximum Gasteiger partial charge on any atom is 0.361 e. The number of hydrogen-bond acceptors (Lipinski definition) is 4. The first-order valence-corrected chi connectivity index (χ1v) is 5.22. The average molecular weight is 243 g/mol. The minimum atomic E-state index is -2.45. The second-order valence-corrected chi connectivity index (χ2v) is 3.34. The van der Waals surface area contributed by atoms with Crippen LogP contribution in [0.4, 0.5) is 10.1 Å². The summed E-state index contributed by atoms with van der Waals surface area (Å²) >= 11 is 0. The van der Waals surface area contributed by atoms with Crippen LogP contribution in [-0.2, 0) is 4.79 Å². The minimum Gasteiger partial charge on any atom is -0.478 e. The number of anilines is 1. The van der Waals surface area contributed by atoms with Gasteiger partial charge in [-0.25, -0.2) is 9.18 Å². The Balaban J connectivity index is 3.10. The highest BCUT2D eigenvalue weighted by molar-refractivity contribution is 5.69. The van der Waals surface area contributed by atoms with Crippen LogP contribution < -0.4 is 10.5 Å². The van der Waals surface area contributed by atoms with Gasteiger partial charge in [0.15, 0.2) is 0 Å². The van der Waals surface area contributed by atoms with Gasteiger partial charge >= 0.3 is 5.97 Å². The Kier molecular flexibility index (Phi) is 4.19. The van der Waals surface area contributed by atoms with Gasteiger partial charge in [0.2, 0.25) is 0 Å². The third-order valence-electron chi connectivity index (χ3n) is 2.36. The summed E-state index contributed by atoms with van der Waals surface area (Å²) in [5, 5.41) is 12.0. The molecule has 0 amide bonds. The van der Waals surface area contributed by atoms with E-state index in [0.29, 0.717) is 23.5 Å². The van der Waals surface area contributed by atoms with E-state index in [2.05, 4.69) is 5.10 Å². The molecule has 17 heavy (non-hydrogen) atoms. The molecule has 0 saturated heterocycles. The van der Waals surface area contributed by atoms with E-state index in [1.54, 1.807) is 0 Å². The molecule has 1 aromatic rings. The molecule has 0 aliphatic heterocycles. The second-order valence-electron chi connectivity index (χ2n) is 3.34. The predicted molar refractivity (Wildman–Crippen MR) is 59.8 cm³/mol. The van der Waals surface area contributed by atoms with Crippen molar-refractivity contribution in [3.63, 3.8) is 0 Å². The number of alkyl halides is 1. The molecule has 1 heterocycles. The number of nitrogens with zero attached hydrogens (tertiary/aromatic N) is 3. The van der Waals surface area contributed by atoms with Crippen LogP contribution in [0.1, 0.15) is 20.1 Å². The van der Waals surface area contributed by atoms with Gasteiger partial charge in [0.05, 0.1) is 11.9 Å². The molecule has 6 nitrogen and oxygen atoms in total. The number of aromatic nitrogens is 2. The summed E-state index contributed by atoms with van der Waals surface area (Å²) in [6.45, 7) is 5.17. The standard InChI is InChI=1S/C10H14FN3O3/c1-3-13(4-2)7-5-8(15)14(12-6-7)9(11)10(16)17/h5-6,9H,3-4H2,1-2H3,(H,16,17). The van der Waals surface area contributed by atoms with Crippen molar-refractivity contribution >= 4 is 11.7 Å². The highest BCUT2D eigenvalue weighted by Crippen LogP contribution is 2.10. The largest absolute Gasteiger partial charge is 0.478 e. The fourth-order valence-electron chi connectivity index (χ4n) is 1.44. The molecule has 1 unspecified atom stereocenters. The van der Waals surface area contributed by atoms with Crippen molar-refractivity contribution in [2.75, 3.05) is 18.0 Å². The summed E-state index contributed by atoms with van der Waals surface area (Å²) in [5.41, 5.74) is -0.224. The quantitative estimate of drug-likeness (QED) is 0.821. The molecule has 0 aliphatic rings. The SMILES string of the molecule is CCN(CC)c1cnn(C(F)C(=O)O)c(=O)c1. The van der Waals surface area contributed by atoms with Crippen LogP contribution in [0.25, 0.3) is 0 Å². The van der Waals surface area contributed by atoms with E-state index >= 15 is 0 Å². The lowest BCUT2D eigenvalue weighted by molar-refractivity contribution is -0.147. The summed E-state index contributed by atoms with van der Waals surface area (Å²) in [7, 11) is 0. The van der Waals surface area contributed by atoms with Crippen LogP contribution in [0.15, 0.2) is 17.1 Å². The minimum absolute atomic E-state index is 0.301. The lowest BCUT2D eigenvalue weighted by Crippen LogP contribution is -2.31. The maximum absolute atomic E-state index is 13.1. The Bertz CT molecular complexity index is 456. The number of aliphatic carboxylic acids is 1. The van der Waals surface area contributed by atoms with Crippen LogP contribution in [0, 0.1) is 0 Å². The van der Waals surface area contributed by atoms with Crippen molar-refractivity contribution in [1.29, 1.82) is 0 Å². The first-order valence-electron chi connectivity index (χ1n) is 5.22. The molecule has 7 heteroatoms. The number of hydrogen-bond donors (Lipinski definition) is 1. The smallest absolute Gasteiger partial charge is 0.361 e. The Morgan fingerprint density at radius 3 is 2.59 bits per heavy atom. The van der Waals surface area contributed by atoms with E-state index in [9.17, 15) is 14.0 Å². The highest BCUT2D eigenvalue weighted by atomic mass is 19.1. The lowest BCUT2D eigenvalue weighted by atomic mass is 10.4. The summed E-state index contributed by atoms with van der Waals surface area (Å²) in [6, 6.07) is 1.18. The number of carboxylic acid groups (broad SMARTS) is 1. The van der Waals surface area contributed by atoms with Gasteiger partial charge in [-0.05, 0) is 13.8 Å². The van der Waals surface area contributed by atoms with Gasteiger partial charge in [0.25, 0.3) is 11.9 Å². The van der Waals surface area contributed by atoms with Crippen molar-refractivity contribution < 1.29 is 14.3 Å². The molecule has 1 aromatic heterocycles. The first-order chi connectivity index (χ1) is 8.01. The zero-order chi connectivity index (χ0) is 13.0. The summed E-state index contributed by atoms with van der Waals surface area (Å²) in [6.07, 6.45) is -1.17. The molecule has 0 radical (unpaired) electrons. The molecule has 0 bridgehead atoms. The monoisotopic (exact) mass is 243 g/mol. The second kappa shape index (κ2) is 5.42. The molecule has 0 spiro atoms. The zero-order valence-electron chi connectivity index (χ0n) is 9.63. The topological polar surface area (TPSA) is 75.4 Å². The fraction of sp³-hybridized carbons (Fsp3) is 0.500. The summed E-state index contributed by atoms with van der Waals surface area (Å²) in [5.74, 6) is -1.74. The Morgan fingerprint density at radius 2 is 2.18 bits per heavy atom. The summed E-state index contributed by atoms with van der Waals surface area (Å²) in [4.78, 5) is 23.7. The van der Waals surface area contributed by atoms with Gasteiger partial charge in [-0.3, -0.25) is 4.79 Å². The van der Waals surface area contributed by atoms with Crippen LogP contribution in [0.5, 0.6) is 0 Å². The van der Waals surface area contributed by atoms with Crippen molar-refractivity contribution in [3.8, 4) is 0 Å². The average Bonchev–Trinajstić information content (AvgIpc) is 2.30. The van der Waals surface area contributed by atoms with Gasteiger partial charge in [0.1, 0.15) is 0 Å². The molecule has 0 aromatic carbocycles. The van der Waals surface area contributed by atoms with E-state index in [1.807, 2.05) is 18.7 Å². The van der Waals surface area contributed by atoms with Gasteiger partial charge in [-0.2, -0.15) is 9.78 Å². The first kappa shape index (κ1) is 13.1. The van der Waals surface area contributed by atoms with Crippen molar-refractivity contribution in [1.82, 2.24) is 9.78 Å². The van der Waals surface area contributed by atoms with Crippen molar-refractivity contribution in [2.45, 2.75) is 20.1 Å². The van der Waals surface area contributed by atoms with Gasteiger partial charge in [-0.1, -0.05) is 0 Å². The molecular formula is C10H14FN3O3. The Hall–Kier alpha value is -1.92. The molecule has 0 fully saturated rings. The fourth-order valence-corrected chi connectivity index (χ4v) is 1.44. The molecule has 0 saturated carbocycles. The molecule has 1 rings (SSSR count). The molecule has 1 N–H and O–H groups in total. The third-order valence-corrected chi connectivity index (χ3v) is 2.36. The number of halogens is 1.